The van der Waals surface area contributed by atoms with E-state index in [1.54, 1.807) is 30.1 Å². The molecule has 0 heterocycles. The number of carbonyl (C=O) groups is 1. The Labute approximate surface area is 150 Å². The van der Waals surface area contributed by atoms with E-state index in [1.165, 1.54) is 19.2 Å². The number of hydrogen-bond acceptors (Lipinski definition) is 5. The predicted molar refractivity (Wildman–Crippen MR) is 96.1 cm³/mol. The average Bonchev–Trinajstić information content (AvgIpc) is 2.57. The van der Waals surface area contributed by atoms with E-state index in [2.05, 4.69) is 5.32 Å². The van der Waals surface area contributed by atoms with E-state index in [-0.39, 0.29) is 23.8 Å². The maximum absolute atomic E-state index is 12.2. The van der Waals surface area contributed by atoms with Crippen molar-refractivity contribution in [1.82, 2.24) is 4.90 Å². The molecule has 0 aliphatic rings. The van der Waals surface area contributed by atoms with Gasteiger partial charge in [-0.2, -0.15) is 0 Å². The summed E-state index contributed by atoms with van der Waals surface area (Å²) < 4.78 is 4.97. The maximum Gasteiger partial charge on any atom is 0.296 e. The number of benzene rings is 2. The first-order valence-electron chi connectivity index (χ1n) is 7.44. The molecule has 7 nitrogen and oxygen atoms in total. The van der Waals surface area contributed by atoms with Crippen LogP contribution in [0.5, 0.6) is 5.75 Å². The molecule has 132 valence electrons. The molecule has 0 aromatic heterocycles. The normalized spacial score (nSPS) is 10.6. The van der Waals surface area contributed by atoms with Gasteiger partial charge >= 0.3 is 0 Å². The van der Waals surface area contributed by atoms with E-state index in [1.807, 2.05) is 12.1 Å². The number of carbonyl (C=O) groups excluding carboxylic acids is 1. The minimum atomic E-state index is -0.560. The summed E-state index contributed by atoms with van der Waals surface area (Å²) in [5.74, 6) is 0.00860. The Morgan fingerprint density at radius 3 is 2.56 bits per heavy atom. The highest BCUT2D eigenvalue weighted by Crippen LogP contribution is 2.28. The molecule has 25 heavy (non-hydrogen) atoms. The summed E-state index contributed by atoms with van der Waals surface area (Å²) in [6.07, 6.45) is 0. The number of ether oxygens (including phenoxy) is 1. The van der Waals surface area contributed by atoms with Crippen molar-refractivity contribution in [3.8, 4) is 5.75 Å². The van der Waals surface area contributed by atoms with Gasteiger partial charge in [-0.05, 0) is 36.9 Å². The zero-order valence-corrected chi connectivity index (χ0v) is 14.6. The highest BCUT2D eigenvalue weighted by molar-refractivity contribution is 6.30. The summed E-state index contributed by atoms with van der Waals surface area (Å²) >= 11 is 5.84. The lowest BCUT2D eigenvalue weighted by Gasteiger charge is -2.16. The second kappa shape index (κ2) is 8.46. The number of nitro benzene ring substituents is 1. The molecule has 0 unspecified atom stereocenters. The van der Waals surface area contributed by atoms with E-state index < -0.39 is 4.92 Å². The second-order valence-corrected chi connectivity index (χ2v) is 5.92. The molecule has 0 aliphatic heterocycles. The summed E-state index contributed by atoms with van der Waals surface area (Å²) in [6.45, 7) is 0.640. The highest BCUT2D eigenvalue weighted by Gasteiger charge is 2.18. The molecule has 8 heteroatoms. The van der Waals surface area contributed by atoms with Gasteiger partial charge in [0, 0.05) is 11.6 Å². The Hall–Kier alpha value is -2.64. The van der Waals surface area contributed by atoms with Crippen molar-refractivity contribution in [3.05, 3.63) is 63.2 Å². The lowest BCUT2D eigenvalue weighted by Crippen LogP contribution is -2.30. The zero-order chi connectivity index (χ0) is 18.4. The van der Waals surface area contributed by atoms with Gasteiger partial charge in [0.25, 0.3) is 5.69 Å². The fourth-order valence-corrected chi connectivity index (χ4v) is 2.41. The van der Waals surface area contributed by atoms with Gasteiger partial charge < -0.3 is 10.1 Å². The van der Waals surface area contributed by atoms with Crippen LogP contribution in [0, 0.1) is 10.1 Å². The van der Waals surface area contributed by atoms with E-state index in [0.29, 0.717) is 17.3 Å². The van der Waals surface area contributed by atoms with Gasteiger partial charge in [0.15, 0.2) is 0 Å². The third-order valence-corrected chi connectivity index (χ3v) is 3.71. The molecular weight excluding hydrogens is 346 g/mol. The molecule has 0 saturated carbocycles. The SMILES string of the molecule is COc1ccc(NC(=O)CN(C)Cc2ccc(Cl)cc2)c([N+](=O)[O-])c1. The molecule has 2 aromatic carbocycles. The van der Waals surface area contributed by atoms with Crippen LogP contribution in [0.15, 0.2) is 42.5 Å². The number of nitro groups is 1. The van der Waals surface area contributed by atoms with Crippen LogP contribution < -0.4 is 10.1 Å². The number of hydrogen-bond donors (Lipinski definition) is 1. The molecule has 2 aromatic rings. The van der Waals surface area contributed by atoms with Crippen LogP contribution >= 0.6 is 11.6 Å². The lowest BCUT2D eigenvalue weighted by molar-refractivity contribution is -0.384. The highest BCUT2D eigenvalue weighted by atomic mass is 35.5. The minimum absolute atomic E-state index is 0.0891. The molecule has 0 atom stereocenters. The van der Waals surface area contributed by atoms with Gasteiger partial charge in [-0.15, -0.1) is 0 Å². The summed E-state index contributed by atoms with van der Waals surface area (Å²) in [5.41, 5.74) is 0.930. The Bertz CT molecular complexity index is 765. The van der Waals surface area contributed by atoms with Gasteiger partial charge in [0.05, 0.1) is 24.6 Å². The summed E-state index contributed by atoms with van der Waals surface area (Å²) in [5, 5.41) is 14.4. The third kappa shape index (κ3) is 5.44. The molecule has 1 N–H and O–H groups in total. The number of amides is 1. The van der Waals surface area contributed by atoms with Gasteiger partial charge in [0.2, 0.25) is 5.91 Å². The number of rotatable bonds is 7. The smallest absolute Gasteiger partial charge is 0.296 e. The summed E-state index contributed by atoms with van der Waals surface area (Å²) in [4.78, 5) is 24.5. The number of likely N-dealkylation sites (N-methyl/N-ethyl adjacent to an activating group) is 1. The monoisotopic (exact) mass is 363 g/mol. The fourth-order valence-electron chi connectivity index (χ4n) is 2.29. The van der Waals surface area contributed by atoms with Crippen molar-refractivity contribution in [1.29, 1.82) is 0 Å². The Morgan fingerprint density at radius 2 is 1.96 bits per heavy atom. The van der Waals surface area contributed by atoms with Crippen molar-refractivity contribution in [2.75, 3.05) is 26.0 Å². The third-order valence-electron chi connectivity index (χ3n) is 3.45. The maximum atomic E-state index is 12.2. The van der Waals surface area contributed by atoms with Crippen LogP contribution in [-0.4, -0.2) is 36.4 Å². The first-order valence-corrected chi connectivity index (χ1v) is 7.82. The Kier molecular flexibility index (Phi) is 6.32. The first kappa shape index (κ1) is 18.7. The summed E-state index contributed by atoms with van der Waals surface area (Å²) in [6, 6.07) is 11.6. The molecule has 0 bridgehead atoms. The molecular formula is C17H18ClN3O4. The average molecular weight is 364 g/mol. The van der Waals surface area contributed by atoms with Crippen LogP contribution in [0.2, 0.25) is 5.02 Å². The van der Waals surface area contributed by atoms with E-state index in [4.69, 9.17) is 16.3 Å². The van der Waals surface area contributed by atoms with Crippen molar-refractivity contribution in [3.63, 3.8) is 0 Å². The van der Waals surface area contributed by atoms with E-state index in [9.17, 15) is 14.9 Å². The van der Waals surface area contributed by atoms with Gasteiger partial charge in [-0.3, -0.25) is 19.8 Å². The molecule has 2 rings (SSSR count). The number of nitrogens with zero attached hydrogens (tertiary/aromatic N) is 2. The van der Waals surface area contributed by atoms with Gasteiger partial charge in [0.1, 0.15) is 11.4 Å². The molecule has 0 saturated heterocycles. The van der Waals surface area contributed by atoms with Crippen molar-refractivity contribution >= 4 is 28.9 Å². The van der Waals surface area contributed by atoms with Crippen molar-refractivity contribution in [2.45, 2.75) is 6.54 Å². The van der Waals surface area contributed by atoms with Gasteiger partial charge in [-0.25, -0.2) is 0 Å². The second-order valence-electron chi connectivity index (χ2n) is 5.49. The van der Waals surface area contributed by atoms with Crippen LogP contribution in [0.1, 0.15) is 5.56 Å². The minimum Gasteiger partial charge on any atom is -0.496 e. The molecule has 0 aliphatic carbocycles. The van der Waals surface area contributed by atoms with Crippen molar-refractivity contribution in [2.24, 2.45) is 0 Å². The lowest BCUT2D eigenvalue weighted by atomic mass is 10.2. The topological polar surface area (TPSA) is 84.7 Å². The first-order chi connectivity index (χ1) is 11.9. The predicted octanol–water partition coefficient (Wildman–Crippen LogP) is 3.33. The number of anilines is 1. The Balaban J connectivity index is 1.99. The van der Waals surface area contributed by atoms with Crippen LogP contribution in [0.4, 0.5) is 11.4 Å². The van der Waals surface area contributed by atoms with E-state index in [0.717, 1.165) is 5.56 Å². The molecule has 0 radical (unpaired) electrons. The number of methoxy groups -OCH3 is 1. The molecule has 0 spiro atoms. The van der Waals surface area contributed by atoms with Crippen LogP contribution in [-0.2, 0) is 11.3 Å². The summed E-state index contributed by atoms with van der Waals surface area (Å²) in [7, 11) is 3.21. The molecule has 0 fully saturated rings. The molecule has 1 amide bonds. The number of nitrogens with one attached hydrogen (secondary N) is 1. The quantitative estimate of drug-likeness (QED) is 0.602. The van der Waals surface area contributed by atoms with E-state index >= 15 is 0 Å². The van der Waals surface area contributed by atoms with Crippen LogP contribution in [0.25, 0.3) is 0 Å². The largest absolute Gasteiger partial charge is 0.496 e. The standard InChI is InChI=1S/C17H18ClN3O4/c1-20(10-12-3-5-13(18)6-4-12)11-17(22)19-15-8-7-14(25-2)9-16(15)21(23)24/h3-9H,10-11H2,1-2H3,(H,19,22). The Morgan fingerprint density at radius 1 is 1.28 bits per heavy atom. The van der Waals surface area contributed by atoms with Crippen molar-refractivity contribution < 1.29 is 14.5 Å². The van der Waals surface area contributed by atoms with Crippen LogP contribution in [0.3, 0.4) is 0 Å². The van der Waals surface area contributed by atoms with Gasteiger partial charge in [-0.1, -0.05) is 23.7 Å². The fraction of sp³-hybridized carbons (Fsp3) is 0.235. The number of halogens is 1. The zero-order valence-electron chi connectivity index (χ0n) is 13.9.